The first-order valence-corrected chi connectivity index (χ1v) is 4.68. The first-order valence-electron chi connectivity index (χ1n) is 3.32. The number of benzene rings is 1. The van der Waals surface area contributed by atoms with E-state index >= 15 is 0 Å². The maximum absolute atomic E-state index is 13.0. The smallest absolute Gasteiger partial charge is 0.359 e. The van der Waals surface area contributed by atoms with Crippen LogP contribution in [0, 0.1) is 12.7 Å². The van der Waals surface area contributed by atoms with E-state index < -0.39 is 22.0 Å². The third-order valence-corrected chi connectivity index (χ3v) is 1.74. The van der Waals surface area contributed by atoms with Crippen LogP contribution in [-0.4, -0.2) is 13.0 Å². The SMILES string of the molecule is Cc1cccc(OS(=O)(=O)O)c1F. The molecule has 0 saturated carbocycles. The van der Waals surface area contributed by atoms with E-state index in [2.05, 4.69) is 4.18 Å². The fraction of sp³-hybridized carbons (Fsp3) is 0.143. The van der Waals surface area contributed by atoms with Gasteiger partial charge in [-0.25, -0.2) is 4.39 Å². The summed E-state index contributed by atoms with van der Waals surface area (Å²) in [5, 5.41) is 0. The molecule has 0 unspecified atom stereocenters. The van der Waals surface area contributed by atoms with Crippen molar-refractivity contribution in [3.8, 4) is 5.75 Å². The molecule has 0 radical (unpaired) electrons. The second kappa shape index (κ2) is 3.31. The van der Waals surface area contributed by atoms with Crippen molar-refractivity contribution in [3.63, 3.8) is 0 Å². The predicted molar refractivity (Wildman–Crippen MR) is 43.3 cm³/mol. The zero-order valence-corrected chi connectivity index (χ0v) is 7.51. The van der Waals surface area contributed by atoms with Crippen molar-refractivity contribution in [3.05, 3.63) is 29.6 Å². The molecule has 0 amide bonds. The van der Waals surface area contributed by atoms with E-state index in [0.717, 1.165) is 6.07 Å². The summed E-state index contributed by atoms with van der Waals surface area (Å²) in [5.41, 5.74) is 0.237. The zero-order valence-electron chi connectivity index (χ0n) is 6.69. The van der Waals surface area contributed by atoms with Gasteiger partial charge < -0.3 is 4.18 Å². The van der Waals surface area contributed by atoms with E-state index in [9.17, 15) is 12.8 Å². The molecule has 0 aliphatic rings. The van der Waals surface area contributed by atoms with Crippen LogP contribution in [-0.2, 0) is 10.4 Å². The number of hydrogen-bond acceptors (Lipinski definition) is 3. The van der Waals surface area contributed by atoms with Crippen molar-refractivity contribution in [2.24, 2.45) is 0 Å². The maximum atomic E-state index is 13.0. The minimum absolute atomic E-state index is 0.237. The average Bonchev–Trinajstić information content (AvgIpc) is 1.96. The Labute approximate surface area is 74.9 Å². The molecule has 1 rings (SSSR count). The largest absolute Gasteiger partial charge is 0.446 e. The molecule has 0 saturated heterocycles. The Kier molecular flexibility index (Phi) is 2.53. The molecule has 0 aliphatic carbocycles. The highest BCUT2D eigenvalue weighted by molar-refractivity contribution is 7.81. The first-order chi connectivity index (χ1) is 5.90. The molecule has 0 heterocycles. The van der Waals surface area contributed by atoms with Crippen LogP contribution in [0.25, 0.3) is 0 Å². The highest BCUT2D eigenvalue weighted by atomic mass is 32.3. The Morgan fingerprint density at radius 2 is 2.08 bits per heavy atom. The lowest BCUT2D eigenvalue weighted by molar-refractivity contribution is 0.376. The van der Waals surface area contributed by atoms with Crippen LogP contribution >= 0.6 is 0 Å². The van der Waals surface area contributed by atoms with E-state index in [1.807, 2.05) is 0 Å². The molecule has 72 valence electrons. The minimum Gasteiger partial charge on any atom is -0.359 e. The molecule has 1 N–H and O–H groups in total. The van der Waals surface area contributed by atoms with Gasteiger partial charge in [-0.2, -0.15) is 8.42 Å². The van der Waals surface area contributed by atoms with Crippen molar-refractivity contribution in [2.45, 2.75) is 6.92 Å². The van der Waals surface area contributed by atoms with E-state index in [4.69, 9.17) is 4.55 Å². The van der Waals surface area contributed by atoms with Gasteiger partial charge in [0.15, 0.2) is 11.6 Å². The summed E-state index contributed by atoms with van der Waals surface area (Å²) in [6, 6.07) is 3.97. The van der Waals surface area contributed by atoms with Crippen molar-refractivity contribution in [1.82, 2.24) is 0 Å². The number of hydrogen-bond donors (Lipinski definition) is 1. The third-order valence-electron chi connectivity index (χ3n) is 1.35. The zero-order chi connectivity index (χ0) is 10.1. The van der Waals surface area contributed by atoms with Gasteiger partial charge in [-0.1, -0.05) is 12.1 Å². The highest BCUT2D eigenvalue weighted by Crippen LogP contribution is 2.20. The Bertz CT molecular complexity index is 413. The van der Waals surface area contributed by atoms with E-state index in [0.29, 0.717) is 0 Å². The summed E-state index contributed by atoms with van der Waals surface area (Å²) in [6.07, 6.45) is 0. The number of aryl methyl sites for hydroxylation is 1. The highest BCUT2D eigenvalue weighted by Gasteiger charge is 2.12. The van der Waals surface area contributed by atoms with Crippen LogP contribution in [0.3, 0.4) is 0 Å². The summed E-state index contributed by atoms with van der Waals surface area (Å²) in [4.78, 5) is 0. The molecule has 0 bridgehead atoms. The summed E-state index contributed by atoms with van der Waals surface area (Å²) < 4.78 is 45.7. The quantitative estimate of drug-likeness (QED) is 0.741. The monoisotopic (exact) mass is 206 g/mol. The topological polar surface area (TPSA) is 63.6 Å². The molecule has 1 aromatic rings. The van der Waals surface area contributed by atoms with Gasteiger partial charge in [0.1, 0.15) is 0 Å². The molecule has 0 aliphatic heterocycles. The molecular formula is C7H7FO4S. The molecule has 6 heteroatoms. The van der Waals surface area contributed by atoms with Gasteiger partial charge in [-0.3, -0.25) is 4.55 Å². The van der Waals surface area contributed by atoms with Crippen LogP contribution < -0.4 is 4.18 Å². The van der Waals surface area contributed by atoms with Gasteiger partial charge in [0.25, 0.3) is 0 Å². The summed E-state index contributed by atoms with van der Waals surface area (Å²) >= 11 is 0. The maximum Gasteiger partial charge on any atom is 0.446 e. The fourth-order valence-electron chi connectivity index (χ4n) is 0.798. The lowest BCUT2D eigenvalue weighted by Crippen LogP contribution is -2.08. The molecule has 0 spiro atoms. The van der Waals surface area contributed by atoms with Gasteiger partial charge in [0.05, 0.1) is 0 Å². The van der Waals surface area contributed by atoms with Gasteiger partial charge in [0.2, 0.25) is 0 Å². The van der Waals surface area contributed by atoms with Crippen molar-refractivity contribution in [2.75, 3.05) is 0 Å². The molecular weight excluding hydrogens is 199 g/mol. The standard InChI is InChI=1S/C7H7FO4S/c1-5-3-2-4-6(7(5)8)12-13(9,10)11/h2-4H,1H3,(H,9,10,11). The normalized spacial score (nSPS) is 11.3. The van der Waals surface area contributed by atoms with Gasteiger partial charge in [0, 0.05) is 0 Å². The Morgan fingerprint density at radius 3 is 2.62 bits per heavy atom. The Balaban J connectivity index is 3.10. The second-order valence-electron chi connectivity index (χ2n) is 2.40. The average molecular weight is 206 g/mol. The molecule has 0 atom stereocenters. The van der Waals surface area contributed by atoms with Crippen molar-refractivity contribution in [1.29, 1.82) is 0 Å². The third kappa shape index (κ3) is 2.67. The van der Waals surface area contributed by atoms with Crippen LogP contribution in [0.1, 0.15) is 5.56 Å². The lowest BCUT2D eigenvalue weighted by Gasteiger charge is -2.03. The van der Waals surface area contributed by atoms with Crippen molar-refractivity contribution < 1.29 is 21.5 Å². The van der Waals surface area contributed by atoms with Crippen LogP contribution in [0.5, 0.6) is 5.75 Å². The molecule has 0 aromatic heterocycles. The minimum atomic E-state index is -4.66. The van der Waals surface area contributed by atoms with E-state index in [1.165, 1.54) is 19.1 Å². The molecule has 0 fully saturated rings. The summed E-state index contributed by atoms with van der Waals surface area (Å²) in [6.45, 7) is 1.45. The molecule has 1 aromatic carbocycles. The van der Waals surface area contributed by atoms with Gasteiger partial charge >= 0.3 is 10.4 Å². The van der Waals surface area contributed by atoms with Crippen LogP contribution in [0.2, 0.25) is 0 Å². The first kappa shape index (κ1) is 9.94. The van der Waals surface area contributed by atoms with Gasteiger partial charge in [-0.15, -0.1) is 0 Å². The summed E-state index contributed by atoms with van der Waals surface area (Å²) in [5.74, 6) is -1.32. The molecule has 4 nitrogen and oxygen atoms in total. The van der Waals surface area contributed by atoms with Crippen molar-refractivity contribution >= 4 is 10.4 Å². The van der Waals surface area contributed by atoms with E-state index in [-0.39, 0.29) is 5.56 Å². The second-order valence-corrected chi connectivity index (χ2v) is 3.42. The lowest BCUT2D eigenvalue weighted by atomic mass is 10.2. The number of rotatable bonds is 2. The molecule has 13 heavy (non-hydrogen) atoms. The van der Waals surface area contributed by atoms with Crippen LogP contribution in [0.4, 0.5) is 4.39 Å². The Hall–Kier alpha value is -1.14. The van der Waals surface area contributed by atoms with Gasteiger partial charge in [-0.05, 0) is 18.6 Å². The van der Waals surface area contributed by atoms with Crippen LogP contribution in [0.15, 0.2) is 18.2 Å². The summed E-state index contributed by atoms with van der Waals surface area (Å²) in [7, 11) is -4.66. The number of halogens is 1. The Morgan fingerprint density at radius 1 is 1.46 bits per heavy atom. The fourth-order valence-corrected chi connectivity index (χ4v) is 1.15. The predicted octanol–water partition coefficient (Wildman–Crippen LogP) is 1.32. The van der Waals surface area contributed by atoms with E-state index in [1.54, 1.807) is 0 Å².